The summed E-state index contributed by atoms with van der Waals surface area (Å²) in [6.07, 6.45) is 0. The van der Waals surface area contributed by atoms with Crippen molar-refractivity contribution >= 4 is 17.3 Å². The van der Waals surface area contributed by atoms with Gasteiger partial charge in [-0.05, 0) is 26.0 Å². The van der Waals surface area contributed by atoms with Crippen LogP contribution in [0, 0.1) is 11.9 Å². The zero-order valence-electron chi connectivity index (χ0n) is 7.77. The van der Waals surface area contributed by atoms with Crippen LogP contribution in [0.4, 0.5) is 10.1 Å². The van der Waals surface area contributed by atoms with Gasteiger partial charge in [-0.25, -0.2) is 4.39 Å². The monoisotopic (exact) mass is 200 g/mol. The molecule has 13 heavy (non-hydrogen) atoms. The average molecular weight is 201 g/mol. The Kier molecular flexibility index (Phi) is 3.55. The van der Waals surface area contributed by atoms with Gasteiger partial charge in [-0.1, -0.05) is 11.6 Å². The predicted octanol–water partition coefficient (Wildman–Crippen LogP) is 3.13. The molecule has 0 amide bonds. The van der Waals surface area contributed by atoms with E-state index >= 15 is 0 Å². The van der Waals surface area contributed by atoms with Gasteiger partial charge in [0.05, 0.1) is 10.7 Å². The van der Waals surface area contributed by atoms with E-state index in [4.69, 9.17) is 11.6 Å². The van der Waals surface area contributed by atoms with E-state index in [1.54, 1.807) is 6.07 Å². The second-order valence-corrected chi connectivity index (χ2v) is 3.07. The highest BCUT2D eigenvalue weighted by molar-refractivity contribution is 6.33. The van der Waals surface area contributed by atoms with Gasteiger partial charge in [0.25, 0.3) is 0 Å². The second-order valence-electron chi connectivity index (χ2n) is 2.66. The average Bonchev–Trinajstić information content (AvgIpc) is 2.11. The quantitative estimate of drug-likeness (QED) is 0.725. The fourth-order valence-electron chi connectivity index (χ4n) is 1.27. The molecular weight excluding hydrogens is 189 g/mol. The number of anilines is 1. The van der Waals surface area contributed by atoms with Crippen LogP contribution < -0.4 is 4.90 Å². The molecule has 0 spiro atoms. The summed E-state index contributed by atoms with van der Waals surface area (Å²) in [7, 11) is 0. The third-order valence-corrected chi connectivity index (χ3v) is 2.26. The third-order valence-electron chi connectivity index (χ3n) is 1.95. The normalized spacial score (nSPS) is 10.2. The molecule has 0 aliphatic heterocycles. The molecule has 0 fully saturated rings. The summed E-state index contributed by atoms with van der Waals surface area (Å²) in [5.74, 6) is -0.379. The van der Waals surface area contributed by atoms with Crippen molar-refractivity contribution in [2.45, 2.75) is 13.8 Å². The van der Waals surface area contributed by atoms with Crippen molar-refractivity contribution in [1.29, 1.82) is 0 Å². The highest BCUT2D eigenvalue weighted by atomic mass is 35.5. The van der Waals surface area contributed by atoms with Crippen molar-refractivity contribution in [2.24, 2.45) is 0 Å². The number of hydrogen-bond donors (Lipinski definition) is 0. The summed E-state index contributed by atoms with van der Waals surface area (Å²) < 4.78 is 13.3. The molecule has 1 aromatic rings. The Morgan fingerprint density at radius 2 is 2.08 bits per heavy atom. The van der Waals surface area contributed by atoms with Crippen LogP contribution in [0.3, 0.4) is 0 Å². The first-order valence-electron chi connectivity index (χ1n) is 4.31. The van der Waals surface area contributed by atoms with Crippen LogP contribution in [0.1, 0.15) is 13.8 Å². The summed E-state index contributed by atoms with van der Waals surface area (Å²) in [5.41, 5.74) is 0.453. The summed E-state index contributed by atoms with van der Waals surface area (Å²) in [5, 5.41) is 0.444. The van der Waals surface area contributed by atoms with Gasteiger partial charge < -0.3 is 4.90 Å². The number of nitrogens with zero attached hydrogens (tertiary/aromatic N) is 1. The fraction of sp³-hybridized carbons (Fsp3) is 0.400. The van der Waals surface area contributed by atoms with E-state index in [1.165, 1.54) is 6.07 Å². The first-order valence-corrected chi connectivity index (χ1v) is 4.69. The number of hydrogen-bond acceptors (Lipinski definition) is 1. The molecule has 0 saturated carbocycles. The van der Waals surface area contributed by atoms with Crippen molar-refractivity contribution in [3.05, 3.63) is 29.0 Å². The lowest BCUT2D eigenvalue weighted by atomic mass is 10.2. The number of benzene rings is 1. The fourth-order valence-corrected chi connectivity index (χ4v) is 1.54. The zero-order valence-corrected chi connectivity index (χ0v) is 8.53. The summed E-state index contributed by atoms with van der Waals surface area (Å²) in [6.45, 7) is 5.41. The third kappa shape index (κ3) is 2.13. The molecule has 3 heteroatoms. The lowest BCUT2D eigenvalue weighted by Crippen LogP contribution is -2.23. The van der Waals surface area contributed by atoms with E-state index < -0.39 is 0 Å². The Balaban J connectivity index is 3.10. The van der Waals surface area contributed by atoms with Gasteiger partial charge in [-0.3, -0.25) is 0 Å². The molecule has 0 aromatic heterocycles. The van der Waals surface area contributed by atoms with Gasteiger partial charge in [0.1, 0.15) is 0 Å². The van der Waals surface area contributed by atoms with E-state index in [2.05, 4.69) is 6.07 Å². The Labute approximate surface area is 83.1 Å². The molecule has 0 aliphatic rings. The second kappa shape index (κ2) is 4.47. The van der Waals surface area contributed by atoms with E-state index in [0.29, 0.717) is 10.7 Å². The summed E-state index contributed by atoms with van der Waals surface area (Å²) in [4.78, 5) is 1.87. The standard InChI is InChI=1S/C10H12ClFN/c1-3-13(4-2)10-8(11)6-5-7-9(10)12/h5-6H,3-4H2,1-2H3. The SMILES string of the molecule is CCN(CC)c1c(F)[c]ccc1Cl. The topological polar surface area (TPSA) is 3.24 Å². The molecule has 0 atom stereocenters. The van der Waals surface area contributed by atoms with E-state index in [9.17, 15) is 4.39 Å². The first-order chi connectivity index (χ1) is 6.20. The smallest absolute Gasteiger partial charge is 0.155 e. The van der Waals surface area contributed by atoms with Gasteiger partial charge >= 0.3 is 0 Å². The van der Waals surface area contributed by atoms with Crippen LogP contribution in [0.25, 0.3) is 0 Å². The number of halogens is 2. The van der Waals surface area contributed by atoms with E-state index in [0.717, 1.165) is 13.1 Å². The first kappa shape index (κ1) is 10.3. The van der Waals surface area contributed by atoms with Gasteiger partial charge in [-0.2, -0.15) is 0 Å². The summed E-state index contributed by atoms with van der Waals surface area (Å²) in [6, 6.07) is 5.64. The zero-order chi connectivity index (χ0) is 9.84. The van der Waals surface area contributed by atoms with E-state index in [1.807, 2.05) is 18.7 Å². The molecule has 1 aromatic carbocycles. The maximum absolute atomic E-state index is 13.3. The minimum Gasteiger partial charge on any atom is -0.368 e. The Morgan fingerprint density at radius 3 is 2.54 bits per heavy atom. The van der Waals surface area contributed by atoms with Crippen molar-refractivity contribution in [3.63, 3.8) is 0 Å². The van der Waals surface area contributed by atoms with Crippen molar-refractivity contribution < 1.29 is 4.39 Å². The van der Waals surface area contributed by atoms with Gasteiger partial charge in [0.2, 0.25) is 0 Å². The Bertz CT molecular complexity index is 264. The highest BCUT2D eigenvalue weighted by Gasteiger charge is 2.11. The molecule has 0 heterocycles. The molecule has 1 radical (unpaired) electrons. The molecule has 0 aliphatic carbocycles. The van der Waals surface area contributed by atoms with E-state index in [-0.39, 0.29) is 5.82 Å². The van der Waals surface area contributed by atoms with Gasteiger partial charge in [-0.15, -0.1) is 0 Å². The lowest BCUT2D eigenvalue weighted by Gasteiger charge is -2.22. The van der Waals surface area contributed by atoms with Crippen molar-refractivity contribution in [3.8, 4) is 0 Å². The lowest BCUT2D eigenvalue weighted by molar-refractivity contribution is 0.618. The highest BCUT2D eigenvalue weighted by Crippen LogP contribution is 2.27. The van der Waals surface area contributed by atoms with Crippen LogP contribution >= 0.6 is 11.6 Å². The molecule has 0 unspecified atom stereocenters. The van der Waals surface area contributed by atoms with Crippen LogP contribution in [-0.2, 0) is 0 Å². The molecule has 71 valence electrons. The van der Waals surface area contributed by atoms with Crippen molar-refractivity contribution in [2.75, 3.05) is 18.0 Å². The maximum Gasteiger partial charge on any atom is 0.155 e. The molecule has 1 nitrogen and oxygen atoms in total. The predicted molar refractivity (Wildman–Crippen MR) is 53.8 cm³/mol. The summed E-state index contributed by atoms with van der Waals surface area (Å²) >= 11 is 5.88. The van der Waals surface area contributed by atoms with Crippen LogP contribution in [0.15, 0.2) is 12.1 Å². The maximum atomic E-state index is 13.3. The molecule has 0 saturated heterocycles. The number of rotatable bonds is 3. The van der Waals surface area contributed by atoms with Gasteiger partial charge in [0.15, 0.2) is 5.82 Å². The van der Waals surface area contributed by atoms with Crippen LogP contribution in [0.2, 0.25) is 5.02 Å². The largest absolute Gasteiger partial charge is 0.368 e. The van der Waals surface area contributed by atoms with Crippen LogP contribution in [-0.4, -0.2) is 13.1 Å². The molecule has 0 N–H and O–H groups in total. The van der Waals surface area contributed by atoms with Crippen LogP contribution in [0.5, 0.6) is 0 Å². The molecule has 0 bridgehead atoms. The molecular formula is C10H12ClFN. The van der Waals surface area contributed by atoms with Gasteiger partial charge in [0, 0.05) is 19.2 Å². The molecule has 1 rings (SSSR count). The minimum atomic E-state index is -0.379. The Hall–Kier alpha value is -0.760. The van der Waals surface area contributed by atoms with Crippen molar-refractivity contribution in [1.82, 2.24) is 0 Å². The Morgan fingerprint density at radius 1 is 1.46 bits per heavy atom. The minimum absolute atomic E-state index is 0.379.